The van der Waals surface area contributed by atoms with Crippen molar-refractivity contribution in [2.75, 3.05) is 18.4 Å². The van der Waals surface area contributed by atoms with Crippen molar-refractivity contribution in [3.63, 3.8) is 0 Å². The van der Waals surface area contributed by atoms with Crippen LogP contribution in [0.2, 0.25) is 0 Å². The summed E-state index contributed by atoms with van der Waals surface area (Å²) in [7, 11) is 0. The van der Waals surface area contributed by atoms with E-state index in [1.807, 2.05) is 0 Å². The minimum atomic E-state index is -0.851. The molecule has 0 fully saturated rings. The molecule has 0 spiro atoms. The molecule has 0 unspecified atom stereocenters. The predicted octanol–water partition coefficient (Wildman–Crippen LogP) is 1.12. The zero-order chi connectivity index (χ0) is 12.9. The Balaban J connectivity index is 2.32. The zero-order valence-corrected chi connectivity index (χ0v) is 9.96. The van der Waals surface area contributed by atoms with Gasteiger partial charge in [-0.05, 0) is 38.1 Å². The highest BCUT2D eigenvalue weighted by Crippen LogP contribution is 2.07. The molecule has 0 atom stereocenters. The summed E-state index contributed by atoms with van der Waals surface area (Å²) in [6, 6.07) is 5.53. The largest absolute Gasteiger partial charge is 0.389 e. The van der Waals surface area contributed by atoms with Crippen LogP contribution in [0.25, 0.3) is 0 Å². The van der Waals surface area contributed by atoms with E-state index >= 15 is 0 Å². The second-order valence-corrected chi connectivity index (χ2v) is 4.47. The summed E-state index contributed by atoms with van der Waals surface area (Å²) >= 11 is 0. The van der Waals surface area contributed by atoms with E-state index < -0.39 is 5.60 Å². The van der Waals surface area contributed by atoms with Gasteiger partial charge in [-0.2, -0.15) is 0 Å². The zero-order valence-electron chi connectivity index (χ0n) is 9.96. The predicted molar refractivity (Wildman–Crippen MR) is 64.2 cm³/mol. The number of anilines is 1. The number of aliphatic hydroxyl groups is 1. The van der Waals surface area contributed by atoms with Crippen LogP contribution < -0.4 is 10.6 Å². The maximum Gasteiger partial charge on any atom is 0.238 e. The molecule has 0 saturated carbocycles. The van der Waals surface area contributed by atoms with Gasteiger partial charge in [0.15, 0.2) is 0 Å². The summed E-state index contributed by atoms with van der Waals surface area (Å²) < 4.78 is 12.6. The van der Waals surface area contributed by atoms with Gasteiger partial charge in [0, 0.05) is 12.2 Å². The quantitative estimate of drug-likeness (QED) is 0.723. The molecule has 0 aromatic heterocycles. The van der Waals surface area contributed by atoms with E-state index in [2.05, 4.69) is 10.6 Å². The van der Waals surface area contributed by atoms with Crippen molar-refractivity contribution in [1.29, 1.82) is 0 Å². The average Bonchev–Trinajstić information content (AvgIpc) is 2.19. The summed E-state index contributed by atoms with van der Waals surface area (Å²) in [5, 5.41) is 14.8. The highest BCUT2D eigenvalue weighted by Gasteiger charge is 2.12. The number of rotatable bonds is 5. The van der Waals surface area contributed by atoms with Crippen molar-refractivity contribution in [2.24, 2.45) is 0 Å². The van der Waals surface area contributed by atoms with Crippen molar-refractivity contribution in [1.82, 2.24) is 5.32 Å². The first-order chi connectivity index (χ1) is 7.87. The van der Waals surface area contributed by atoms with E-state index in [1.54, 1.807) is 13.8 Å². The van der Waals surface area contributed by atoms with E-state index in [4.69, 9.17) is 0 Å². The first-order valence-electron chi connectivity index (χ1n) is 5.35. The van der Waals surface area contributed by atoms with Gasteiger partial charge in [0.2, 0.25) is 5.91 Å². The van der Waals surface area contributed by atoms with Crippen molar-refractivity contribution >= 4 is 11.6 Å². The summed E-state index contributed by atoms with van der Waals surface area (Å²) in [5.41, 5.74) is -0.308. The molecule has 4 nitrogen and oxygen atoms in total. The SMILES string of the molecule is CC(C)(O)CNCC(=O)Nc1ccc(F)cc1. The fourth-order valence-corrected chi connectivity index (χ4v) is 1.22. The molecule has 94 valence electrons. The topological polar surface area (TPSA) is 61.4 Å². The lowest BCUT2D eigenvalue weighted by Gasteiger charge is -2.17. The summed E-state index contributed by atoms with van der Waals surface area (Å²) in [5.74, 6) is -0.580. The second kappa shape index (κ2) is 5.75. The molecule has 0 aliphatic rings. The Kier molecular flexibility index (Phi) is 4.60. The van der Waals surface area contributed by atoms with Crippen LogP contribution in [0.5, 0.6) is 0 Å². The third-order valence-electron chi connectivity index (χ3n) is 1.97. The summed E-state index contributed by atoms with van der Waals surface area (Å²) in [4.78, 5) is 11.4. The molecule has 1 amide bonds. The van der Waals surface area contributed by atoms with Gasteiger partial charge < -0.3 is 15.7 Å². The monoisotopic (exact) mass is 240 g/mol. The lowest BCUT2D eigenvalue weighted by Crippen LogP contribution is -2.38. The Hall–Kier alpha value is -1.46. The van der Waals surface area contributed by atoms with Crippen LogP contribution in [0.1, 0.15) is 13.8 Å². The van der Waals surface area contributed by atoms with Gasteiger partial charge in [0.1, 0.15) is 5.82 Å². The molecule has 1 aromatic carbocycles. The highest BCUT2D eigenvalue weighted by molar-refractivity contribution is 5.92. The van der Waals surface area contributed by atoms with Crippen LogP contribution in [-0.2, 0) is 4.79 Å². The number of carbonyl (C=O) groups excluding carboxylic acids is 1. The first-order valence-corrected chi connectivity index (χ1v) is 5.35. The number of carbonyl (C=O) groups is 1. The molecule has 0 aliphatic heterocycles. The Bertz CT molecular complexity index is 371. The smallest absolute Gasteiger partial charge is 0.238 e. The third-order valence-corrected chi connectivity index (χ3v) is 1.97. The van der Waals surface area contributed by atoms with Crippen LogP contribution >= 0.6 is 0 Å². The van der Waals surface area contributed by atoms with Crippen molar-refractivity contribution < 1.29 is 14.3 Å². The van der Waals surface area contributed by atoms with E-state index in [0.29, 0.717) is 12.2 Å². The standard InChI is InChI=1S/C12H17FN2O2/c1-12(2,17)8-14-7-11(16)15-10-5-3-9(13)4-6-10/h3-6,14,17H,7-8H2,1-2H3,(H,15,16). The van der Waals surface area contributed by atoms with Crippen LogP contribution in [0.15, 0.2) is 24.3 Å². The Morgan fingerprint density at radius 2 is 1.94 bits per heavy atom. The van der Waals surface area contributed by atoms with Gasteiger partial charge in [-0.25, -0.2) is 4.39 Å². The second-order valence-electron chi connectivity index (χ2n) is 4.47. The van der Waals surface area contributed by atoms with Crippen LogP contribution in [-0.4, -0.2) is 29.7 Å². The van der Waals surface area contributed by atoms with E-state index in [9.17, 15) is 14.3 Å². The maximum absolute atomic E-state index is 12.6. The summed E-state index contributed by atoms with van der Waals surface area (Å²) in [6.45, 7) is 3.72. The molecular weight excluding hydrogens is 223 g/mol. The molecule has 0 aliphatic carbocycles. The van der Waals surface area contributed by atoms with E-state index in [0.717, 1.165) is 0 Å². The van der Waals surface area contributed by atoms with Gasteiger partial charge in [-0.15, -0.1) is 0 Å². The van der Waals surface area contributed by atoms with Crippen LogP contribution in [0.3, 0.4) is 0 Å². The fraction of sp³-hybridized carbons (Fsp3) is 0.417. The number of nitrogens with one attached hydrogen (secondary N) is 2. The number of halogens is 1. The van der Waals surface area contributed by atoms with Crippen molar-refractivity contribution in [3.8, 4) is 0 Å². The molecular formula is C12H17FN2O2. The molecule has 5 heteroatoms. The molecule has 1 rings (SSSR count). The lowest BCUT2D eigenvalue weighted by molar-refractivity contribution is -0.115. The van der Waals surface area contributed by atoms with Gasteiger partial charge in [0.25, 0.3) is 0 Å². The molecule has 0 saturated heterocycles. The average molecular weight is 240 g/mol. The highest BCUT2D eigenvalue weighted by atomic mass is 19.1. The number of benzene rings is 1. The van der Waals surface area contributed by atoms with Crippen LogP contribution in [0, 0.1) is 5.82 Å². The number of hydrogen-bond donors (Lipinski definition) is 3. The van der Waals surface area contributed by atoms with Gasteiger partial charge >= 0.3 is 0 Å². The Morgan fingerprint density at radius 3 is 2.47 bits per heavy atom. The normalized spacial score (nSPS) is 11.3. The Labute approximate surface area is 99.8 Å². The molecule has 0 bridgehead atoms. The van der Waals surface area contributed by atoms with Gasteiger partial charge in [0.05, 0.1) is 12.1 Å². The lowest BCUT2D eigenvalue weighted by atomic mass is 10.1. The van der Waals surface area contributed by atoms with E-state index in [-0.39, 0.29) is 18.3 Å². The van der Waals surface area contributed by atoms with Crippen molar-refractivity contribution in [3.05, 3.63) is 30.1 Å². The van der Waals surface area contributed by atoms with Gasteiger partial charge in [-0.3, -0.25) is 4.79 Å². The molecule has 1 aromatic rings. The minimum absolute atomic E-state index is 0.0986. The minimum Gasteiger partial charge on any atom is -0.389 e. The number of amides is 1. The molecule has 3 N–H and O–H groups in total. The maximum atomic E-state index is 12.6. The fourth-order valence-electron chi connectivity index (χ4n) is 1.22. The number of hydrogen-bond acceptors (Lipinski definition) is 3. The van der Waals surface area contributed by atoms with E-state index in [1.165, 1.54) is 24.3 Å². The molecule has 0 radical (unpaired) electrons. The van der Waals surface area contributed by atoms with Gasteiger partial charge in [-0.1, -0.05) is 0 Å². The third kappa shape index (κ3) is 5.99. The summed E-state index contributed by atoms with van der Waals surface area (Å²) in [6.07, 6.45) is 0. The first kappa shape index (κ1) is 13.6. The van der Waals surface area contributed by atoms with Crippen molar-refractivity contribution in [2.45, 2.75) is 19.4 Å². The molecule has 17 heavy (non-hydrogen) atoms. The Morgan fingerprint density at radius 1 is 1.35 bits per heavy atom. The van der Waals surface area contributed by atoms with Crippen LogP contribution in [0.4, 0.5) is 10.1 Å². The molecule has 0 heterocycles.